The van der Waals surface area contributed by atoms with Crippen LogP contribution in [0.5, 0.6) is 0 Å². The predicted molar refractivity (Wildman–Crippen MR) is 74.9 cm³/mol. The Morgan fingerprint density at radius 2 is 1.95 bits per heavy atom. The zero-order valence-electron chi connectivity index (χ0n) is 11.0. The van der Waals surface area contributed by atoms with Gasteiger partial charge in [0.15, 0.2) is 0 Å². The van der Waals surface area contributed by atoms with Crippen molar-refractivity contribution in [3.63, 3.8) is 0 Å². The lowest BCUT2D eigenvalue weighted by atomic mass is 10.2. The highest BCUT2D eigenvalue weighted by Crippen LogP contribution is 2.30. The van der Waals surface area contributed by atoms with E-state index in [9.17, 15) is 8.42 Å². The second-order valence-corrected chi connectivity index (χ2v) is 6.80. The van der Waals surface area contributed by atoms with Crippen LogP contribution in [0.4, 0.5) is 0 Å². The lowest BCUT2D eigenvalue weighted by Gasteiger charge is -2.16. The fourth-order valence-corrected chi connectivity index (χ4v) is 3.05. The van der Waals surface area contributed by atoms with Gasteiger partial charge in [0, 0.05) is 19.2 Å². The van der Waals surface area contributed by atoms with E-state index in [1.165, 1.54) is 4.31 Å². The quantitative estimate of drug-likeness (QED) is 0.837. The molecule has 0 amide bonds. The van der Waals surface area contributed by atoms with E-state index < -0.39 is 10.0 Å². The normalized spacial score (nSPS) is 15.1. The Bertz CT molecular complexity index is 593. The van der Waals surface area contributed by atoms with Gasteiger partial charge in [-0.2, -0.15) is 0 Å². The molecule has 0 heterocycles. The molecule has 1 aromatic carbocycles. The minimum absolute atomic E-state index is 0.296. The van der Waals surface area contributed by atoms with E-state index in [-0.39, 0.29) is 0 Å². The fraction of sp³-hybridized carbons (Fsp3) is 0.429. The van der Waals surface area contributed by atoms with Crippen molar-refractivity contribution in [1.29, 1.82) is 0 Å². The van der Waals surface area contributed by atoms with Gasteiger partial charge in [-0.05, 0) is 43.0 Å². The van der Waals surface area contributed by atoms with Gasteiger partial charge < -0.3 is 5.73 Å². The van der Waals surface area contributed by atoms with Crippen LogP contribution < -0.4 is 5.73 Å². The maximum absolute atomic E-state index is 12.3. The van der Waals surface area contributed by atoms with Crippen molar-refractivity contribution < 1.29 is 8.42 Å². The van der Waals surface area contributed by atoms with Crippen LogP contribution >= 0.6 is 0 Å². The van der Waals surface area contributed by atoms with E-state index in [1.807, 2.05) is 0 Å². The molecule has 0 atom stereocenters. The summed E-state index contributed by atoms with van der Waals surface area (Å²) in [4.78, 5) is 0.314. The third-order valence-electron chi connectivity index (χ3n) is 3.11. The average molecular weight is 278 g/mol. The van der Waals surface area contributed by atoms with Crippen molar-refractivity contribution in [2.24, 2.45) is 11.7 Å². The molecule has 1 fully saturated rings. The maximum Gasteiger partial charge on any atom is 0.242 e. The van der Waals surface area contributed by atoms with Crippen LogP contribution in [-0.4, -0.2) is 32.9 Å². The fourth-order valence-electron chi connectivity index (χ4n) is 1.81. The van der Waals surface area contributed by atoms with E-state index in [2.05, 4.69) is 11.8 Å². The van der Waals surface area contributed by atoms with Gasteiger partial charge in [0.2, 0.25) is 10.0 Å². The molecule has 0 bridgehead atoms. The van der Waals surface area contributed by atoms with Gasteiger partial charge in [-0.25, -0.2) is 12.7 Å². The first-order valence-electron chi connectivity index (χ1n) is 6.29. The molecule has 0 aromatic heterocycles. The molecule has 0 saturated heterocycles. The van der Waals surface area contributed by atoms with Gasteiger partial charge in [-0.1, -0.05) is 11.8 Å². The van der Waals surface area contributed by atoms with Crippen molar-refractivity contribution in [3.05, 3.63) is 29.8 Å². The Kier molecular flexibility index (Phi) is 4.25. The molecule has 0 unspecified atom stereocenters. The Labute approximate surface area is 114 Å². The number of hydrogen-bond acceptors (Lipinski definition) is 3. The number of nitrogens with two attached hydrogens (primary N) is 1. The molecular weight excluding hydrogens is 260 g/mol. The maximum atomic E-state index is 12.3. The molecular formula is C14H18N2O2S. The highest BCUT2D eigenvalue weighted by molar-refractivity contribution is 7.89. The molecule has 19 heavy (non-hydrogen) atoms. The third-order valence-corrected chi connectivity index (χ3v) is 4.95. The number of sulfonamides is 1. The summed E-state index contributed by atoms with van der Waals surface area (Å²) in [5.41, 5.74) is 6.06. The van der Waals surface area contributed by atoms with E-state index >= 15 is 0 Å². The minimum atomic E-state index is -3.37. The second-order valence-electron chi connectivity index (χ2n) is 4.76. The molecule has 102 valence electrons. The monoisotopic (exact) mass is 278 g/mol. The van der Waals surface area contributed by atoms with Crippen LogP contribution in [0.15, 0.2) is 29.2 Å². The Morgan fingerprint density at radius 1 is 1.32 bits per heavy atom. The molecule has 0 spiro atoms. The summed E-state index contributed by atoms with van der Waals surface area (Å²) in [6.07, 6.45) is 2.26. The molecule has 1 aliphatic carbocycles. The summed E-state index contributed by atoms with van der Waals surface area (Å²) in [6, 6.07) is 6.61. The Balaban J connectivity index is 2.15. The van der Waals surface area contributed by atoms with Gasteiger partial charge in [0.05, 0.1) is 11.4 Å². The van der Waals surface area contributed by atoms with Crippen LogP contribution in [0, 0.1) is 17.8 Å². The standard InChI is InChI=1S/C14H18N2O2S/c1-16(11-13-4-5-13)19(17,18)14-8-6-12(7-9-14)3-2-10-15/h6-9,13H,4-5,10-11,15H2,1H3. The highest BCUT2D eigenvalue weighted by atomic mass is 32.2. The Morgan fingerprint density at radius 3 is 2.47 bits per heavy atom. The number of hydrogen-bond donors (Lipinski definition) is 1. The minimum Gasteiger partial charge on any atom is -0.320 e. The third kappa shape index (κ3) is 3.57. The van der Waals surface area contributed by atoms with Gasteiger partial charge >= 0.3 is 0 Å². The lowest BCUT2D eigenvalue weighted by molar-refractivity contribution is 0.453. The number of benzene rings is 1. The summed E-state index contributed by atoms with van der Waals surface area (Å²) in [5, 5.41) is 0. The van der Waals surface area contributed by atoms with E-state index in [0.29, 0.717) is 23.9 Å². The van der Waals surface area contributed by atoms with Crippen LogP contribution in [0.2, 0.25) is 0 Å². The summed E-state index contributed by atoms with van der Waals surface area (Å²) >= 11 is 0. The molecule has 2 rings (SSSR count). The van der Waals surface area contributed by atoms with Gasteiger partial charge in [0.1, 0.15) is 0 Å². The van der Waals surface area contributed by atoms with Gasteiger partial charge in [-0.3, -0.25) is 0 Å². The SMILES string of the molecule is CN(CC1CC1)S(=O)(=O)c1ccc(C#CCN)cc1. The van der Waals surface area contributed by atoms with E-state index in [1.54, 1.807) is 31.3 Å². The van der Waals surface area contributed by atoms with Crippen molar-refractivity contribution in [2.45, 2.75) is 17.7 Å². The van der Waals surface area contributed by atoms with Crippen LogP contribution in [0.25, 0.3) is 0 Å². The van der Waals surface area contributed by atoms with Crippen molar-refractivity contribution in [1.82, 2.24) is 4.31 Å². The highest BCUT2D eigenvalue weighted by Gasteiger charge is 2.28. The first kappa shape index (κ1) is 14.1. The summed E-state index contributed by atoms with van der Waals surface area (Å²) in [5.74, 6) is 6.15. The topological polar surface area (TPSA) is 63.4 Å². The van der Waals surface area contributed by atoms with E-state index in [0.717, 1.165) is 18.4 Å². The summed E-state index contributed by atoms with van der Waals surface area (Å²) < 4.78 is 26.0. The van der Waals surface area contributed by atoms with Gasteiger partial charge in [-0.15, -0.1) is 0 Å². The van der Waals surface area contributed by atoms with Gasteiger partial charge in [0.25, 0.3) is 0 Å². The Hall–Kier alpha value is -1.35. The molecule has 1 aliphatic rings. The smallest absolute Gasteiger partial charge is 0.242 e. The zero-order valence-corrected chi connectivity index (χ0v) is 11.8. The molecule has 5 heteroatoms. The zero-order chi connectivity index (χ0) is 13.9. The van der Waals surface area contributed by atoms with Crippen molar-refractivity contribution in [3.8, 4) is 11.8 Å². The van der Waals surface area contributed by atoms with Crippen LogP contribution in [0.3, 0.4) is 0 Å². The second kappa shape index (κ2) is 5.74. The first-order chi connectivity index (χ1) is 9.04. The predicted octanol–water partition coefficient (Wildman–Crippen LogP) is 1.03. The molecule has 2 N–H and O–H groups in total. The van der Waals surface area contributed by atoms with Crippen LogP contribution in [-0.2, 0) is 10.0 Å². The summed E-state index contributed by atoms with van der Waals surface area (Å²) in [7, 11) is -1.74. The van der Waals surface area contributed by atoms with E-state index in [4.69, 9.17) is 5.73 Å². The number of nitrogens with zero attached hydrogens (tertiary/aromatic N) is 1. The van der Waals surface area contributed by atoms with Crippen molar-refractivity contribution in [2.75, 3.05) is 20.1 Å². The molecule has 1 aromatic rings. The lowest BCUT2D eigenvalue weighted by Crippen LogP contribution is -2.28. The van der Waals surface area contributed by atoms with Crippen LogP contribution in [0.1, 0.15) is 18.4 Å². The molecule has 4 nitrogen and oxygen atoms in total. The van der Waals surface area contributed by atoms with Crippen molar-refractivity contribution >= 4 is 10.0 Å². The molecule has 0 aliphatic heterocycles. The molecule has 1 saturated carbocycles. The summed E-state index contributed by atoms with van der Waals surface area (Å²) in [6.45, 7) is 0.904. The largest absolute Gasteiger partial charge is 0.320 e. The molecule has 0 radical (unpaired) electrons. The first-order valence-corrected chi connectivity index (χ1v) is 7.73. The average Bonchev–Trinajstić information content (AvgIpc) is 3.20. The number of rotatable bonds is 4.